The number of primary sulfonamides is 1. The van der Waals surface area contributed by atoms with Crippen molar-refractivity contribution in [2.75, 3.05) is 5.73 Å². The highest BCUT2D eigenvalue weighted by Crippen LogP contribution is 2.35. The SMILES string of the molecule is Cc1ccc(Oc2cccc(S(N)(=O)=O)c2N)c(Br)c1. The number of nitrogens with two attached hydrogens (primary N) is 2. The van der Waals surface area contributed by atoms with Crippen LogP contribution in [-0.4, -0.2) is 8.42 Å². The van der Waals surface area contributed by atoms with Crippen LogP contribution in [0.4, 0.5) is 5.69 Å². The van der Waals surface area contributed by atoms with E-state index in [-0.39, 0.29) is 16.3 Å². The molecule has 0 aliphatic heterocycles. The number of para-hydroxylation sites is 1. The first-order valence-electron chi connectivity index (χ1n) is 5.64. The van der Waals surface area contributed by atoms with E-state index in [0.29, 0.717) is 5.75 Å². The van der Waals surface area contributed by atoms with Crippen LogP contribution in [0.15, 0.2) is 45.8 Å². The van der Waals surface area contributed by atoms with E-state index in [9.17, 15) is 8.42 Å². The number of nitrogen functional groups attached to an aromatic ring is 1. The van der Waals surface area contributed by atoms with Gasteiger partial charge in [-0.3, -0.25) is 0 Å². The molecular formula is C13H13BrN2O3S. The zero-order valence-corrected chi connectivity index (χ0v) is 13.0. The van der Waals surface area contributed by atoms with Crippen LogP contribution in [0.3, 0.4) is 0 Å². The molecule has 7 heteroatoms. The number of halogens is 1. The first-order valence-corrected chi connectivity index (χ1v) is 7.98. The lowest BCUT2D eigenvalue weighted by molar-refractivity contribution is 0.480. The average Bonchev–Trinajstić information content (AvgIpc) is 2.33. The Balaban J connectivity index is 2.45. The molecule has 2 rings (SSSR count). The Bertz CT molecular complexity index is 760. The highest BCUT2D eigenvalue weighted by molar-refractivity contribution is 9.10. The molecule has 0 aromatic heterocycles. The lowest BCUT2D eigenvalue weighted by Crippen LogP contribution is -2.14. The number of ether oxygens (including phenoxy) is 1. The van der Waals surface area contributed by atoms with E-state index in [2.05, 4.69) is 15.9 Å². The highest BCUT2D eigenvalue weighted by Gasteiger charge is 2.16. The molecule has 0 saturated carbocycles. The Morgan fingerprint density at radius 2 is 1.85 bits per heavy atom. The summed E-state index contributed by atoms with van der Waals surface area (Å²) in [5, 5.41) is 5.10. The second kappa shape index (κ2) is 5.43. The smallest absolute Gasteiger partial charge is 0.240 e. The highest BCUT2D eigenvalue weighted by atomic mass is 79.9. The number of rotatable bonds is 3. The van der Waals surface area contributed by atoms with Gasteiger partial charge in [-0.2, -0.15) is 0 Å². The second-order valence-corrected chi connectivity index (χ2v) is 6.63. The van der Waals surface area contributed by atoms with Gasteiger partial charge in [0.05, 0.1) is 10.2 Å². The predicted molar refractivity (Wildman–Crippen MR) is 81.2 cm³/mol. The van der Waals surface area contributed by atoms with Gasteiger partial charge in [0.1, 0.15) is 10.6 Å². The summed E-state index contributed by atoms with van der Waals surface area (Å²) in [5.41, 5.74) is 6.85. The van der Waals surface area contributed by atoms with Gasteiger partial charge in [-0.1, -0.05) is 12.1 Å². The van der Waals surface area contributed by atoms with Crippen LogP contribution in [0.25, 0.3) is 0 Å². The molecule has 0 aliphatic carbocycles. The predicted octanol–water partition coefficient (Wildman–Crippen LogP) is 2.78. The van der Waals surface area contributed by atoms with Gasteiger partial charge in [0.25, 0.3) is 0 Å². The lowest BCUT2D eigenvalue weighted by atomic mass is 10.2. The van der Waals surface area contributed by atoms with Crippen LogP contribution in [0.2, 0.25) is 0 Å². The molecule has 20 heavy (non-hydrogen) atoms. The summed E-state index contributed by atoms with van der Waals surface area (Å²) in [7, 11) is -3.88. The minimum Gasteiger partial charge on any atom is -0.454 e. The maximum atomic E-state index is 11.4. The van der Waals surface area contributed by atoms with Crippen LogP contribution < -0.4 is 15.6 Å². The zero-order chi connectivity index (χ0) is 14.9. The number of sulfonamides is 1. The van der Waals surface area contributed by atoms with Crippen molar-refractivity contribution >= 4 is 31.6 Å². The second-order valence-electron chi connectivity index (χ2n) is 4.25. The van der Waals surface area contributed by atoms with E-state index in [1.54, 1.807) is 12.1 Å². The minimum atomic E-state index is -3.88. The molecule has 0 unspecified atom stereocenters. The maximum absolute atomic E-state index is 11.4. The normalized spacial score (nSPS) is 11.3. The number of aryl methyl sites for hydroxylation is 1. The molecule has 0 spiro atoms. The van der Waals surface area contributed by atoms with Gasteiger partial charge in [0.2, 0.25) is 10.0 Å². The number of hydrogen-bond donors (Lipinski definition) is 2. The first kappa shape index (κ1) is 14.8. The summed E-state index contributed by atoms with van der Waals surface area (Å²) in [6.07, 6.45) is 0. The number of hydrogen-bond acceptors (Lipinski definition) is 4. The van der Waals surface area contributed by atoms with Crippen molar-refractivity contribution in [1.82, 2.24) is 0 Å². The summed E-state index contributed by atoms with van der Waals surface area (Å²) < 4.78 is 29.2. The number of benzene rings is 2. The van der Waals surface area contributed by atoms with E-state index in [4.69, 9.17) is 15.6 Å². The molecule has 0 heterocycles. The van der Waals surface area contributed by atoms with Gasteiger partial charge in [-0.15, -0.1) is 0 Å². The Hall–Kier alpha value is -1.57. The van der Waals surface area contributed by atoms with Gasteiger partial charge < -0.3 is 10.5 Å². The summed E-state index contributed by atoms with van der Waals surface area (Å²) in [4.78, 5) is -0.154. The molecular weight excluding hydrogens is 344 g/mol. The van der Waals surface area contributed by atoms with Crippen LogP contribution in [0, 0.1) is 6.92 Å². The molecule has 0 bridgehead atoms. The Kier molecular flexibility index (Phi) is 4.03. The van der Waals surface area contributed by atoms with Crippen LogP contribution in [0.1, 0.15) is 5.56 Å². The Morgan fingerprint density at radius 1 is 1.15 bits per heavy atom. The third-order valence-corrected chi connectivity index (χ3v) is 4.23. The monoisotopic (exact) mass is 356 g/mol. The van der Waals surface area contributed by atoms with Crippen molar-refractivity contribution in [2.24, 2.45) is 5.14 Å². The van der Waals surface area contributed by atoms with Gasteiger partial charge >= 0.3 is 0 Å². The van der Waals surface area contributed by atoms with Crippen molar-refractivity contribution in [3.63, 3.8) is 0 Å². The molecule has 0 atom stereocenters. The molecule has 5 nitrogen and oxygen atoms in total. The fourth-order valence-electron chi connectivity index (χ4n) is 1.67. The molecule has 106 valence electrons. The number of anilines is 1. The Labute approximate surface area is 125 Å². The van der Waals surface area contributed by atoms with Crippen molar-refractivity contribution in [1.29, 1.82) is 0 Å². The van der Waals surface area contributed by atoms with Crippen molar-refractivity contribution < 1.29 is 13.2 Å². The third-order valence-electron chi connectivity index (χ3n) is 2.64. The van der Waals surface area contributed by atoms with Crippen LogP contribution in [0.5, 0.6) is 11.5 Å². The van der Waals surface area contributed by atoms with E-state index >= 15 is 0 Å². The average molecular weight is 357 g/mol. The molecule has 2 aromatic carbocycles. The van der Waals surface area contributed by atoms with Crippen molar-refractivity contribution in [3.05, 3.63) is 46.4 Å². The molecule has 4 N–H and O–H groups in total. The molecule has 2 aromatic rings. The van der Waals surface area contributed by atoms with Gasteiger partial charge in [0, 0.05) is 0 Å². The summed E-state index contributed by atoms with van der Waals surface area (Å²) in [5.74, 6) is 0.773. The van der Waals surface area contributed by atoms with E-state index < -0.39 is 10.0 Å². The van der Waals surface area contributed by atoms with Crippen molar-refractivity contribution in [2.45, 2.75) is 11.8 Å². The molecule has 0 saturated heterocycles. The van der Waals surface area contributed by atoms with E-state index in [1.807, 2.05) is 19.1 Å². The maximum Gasteiger partial charge on any atom is 0.240 e. The lowest BCUT2D eigenvalue weighted by Gasteiger charge is -2.12. The summed E-state index contributed by atoms with van der Waals surface area (Å²) >= 11 is 3.38. The first-order chi connectivity index (χ1) is 9.29. The standard InChI is InChI=1S/C13H13BrN2O3S/c1-8-5-6-10(9(14)7-8)19-11-3-2-4-12(13(11)15)20(16,17)18/h2-7H,15H2,1H3,(H2,16,17,18). The van der Waals surface area contributed by atoms with Gasteiger partial charge in [-0.25, -0.2) is 13.6 Å². The van der Waals surface area contributed by atoms with E-state index in [1.165, 1.54) is 12.1 Å². The largest absolute Gasteiger partial charge is 0.454 e. The molecule has 0 radical (unpaired) electrons. The molecule has 0 fully saturated rings. The molecule has 0 aliphatic rings. The summed E-state index contributed by atoms with van der Waals surface area (Å²) in [6.45, 7) is 1.95. The fourth-order valence-corrected chi connectivity index (χ4v) is 2.92. The summed E-state index contributed by atoms with van der Waals surface area (Å²) in [6, 6.07) is 9.96. The minimum absolute atomic E-state index is 0.0116. The molecule has 0 amide bonds. The zero-order valence-electron chi connectivity index (χ0n) is 10.6. The van der Waals surface area contributed by atoms with Gasteiger partial charge in [-0.05, 0) is 52.7 Å². The topological polar surface area (TPSA) is 95.4 Å². The van der Waals surface area contributed by atoms with Gasteiger partial charge in [0.15, 0.2) is 5.75 Å². The van der Waals surface area contributed by atoms with Crippen LogP contribution >= 0.6 is 15.9 Å². The fraction of sp³-hybridized carbons (Fsp3) is 0.0769. The Morgan fingerprint density at radius 3 is 2.45 bits per heavy atom. The van der Waals surface area contributed by atoms with Crippen LogP contribution in [-0.2, 0) is 10.0 Å². The van der Waals surface area contributed by atoms with E-state index in [0.717, 1.165) is 10.0 Å². The third kappa shape index (κ3) is 3.12. The quantitative estimate of drug-likeness (QED) is 0.826. The van der Waals surface area contributed by atoms with Crippen molar-refractivity contribution in [3.8, 4) is 11.5 Å².